The molecule has 0 aliphatic heterocycles. The number of aryl methyl sites for hydroxylation is 4. The maximum atomic E-state index is 11.9. The number of rotatable bonds is 8. The van der Waals surface area contributed by atoms with Crippen LogP contribution >= 0.6 is 15.9 Å². The predicted molar refractivity (Wildman–Crippen MR) is 95.3 cm³/mol. The topological polar surface area (TPSA) is 108 Å². The van der Waals surface area contributed by atoms with Crippen molar-refractivity contribution >= 4 is 27.7 Å². The second-order valence-electron chi connectivity index (χ2n) is 5.79. The lowest BCUT2D eigenvalue weighted by Crippen LogP contribution is -2.26. The molecule has 0 fully saturated rings. The first-order chi connectivity index (χ1) is 11.8. The minimum atomic E-state index is -0.541. The third-order valence-electron chi connectivity index (χ3n) is 3.87. The molecule has 1 N–H and O–H groups in total. The molecule has 0 atom stereocenters. The van der Waals surface area contributed by atoms with Crippen molar-refractivity contribution in [2.24, 2.45) is 0 Å². The van der Waals surface area contributed by atoms with E-state index in [1.807, 2.05) is 18.5 Å². The molecule has 0 aliphatic carbocycles. The highest BCUT2D eigenvalue weighted by Crippen LogP contribution is 2.19. The van der Waals surface area contributed by atoms with Gasteiger partial charge >= 0.3 is 5.82 Å². The van der Waals surface area contributed by atoms with Gasteiger partial charge in [-0.25, -0.2) is 0 Å². The molecular formula is C15H21BrN6O3. The lowest BCUT2D eigenvalue weighted by molar-refractivity contribution is -0.389. The van der Waals surface area contributed by atoms with Crippen molar-refractivity contribution < 1.29 is 9.72 Å². The first kappa shape index (κ1) is 19.1. The smallest absolute Gasteiger partial charge is 0.358 e. The Morgan fingerprint density at radius 3 is 2.56 bits per heavy atom. The van der Waals surface area contributed by atoms with Gasteiger partial charge in [-0.05, 0) is 48.0 Å². The SMILES string of the molecule is Cc1nn(CCCNC(=O)CCn2nc([N+](=O)[O-])cc2C)c(C)c1Br. The number of aromatic nitrogens is 4. The van der Waals surface area contributed by atoms with Crippen LogP contribution in [0.5, 0.6) is 0 Å². The fraction of sp³-hybridized carbons (Fsp3) is 0.533. The van der Waals surface area contributed by atoms with Crippen LogP contribution in [0.15, 0.2) is 10.5 Å². The average molecular weight is 413 g/mol. The fourth-order valence-electron chi connectivity index (χ4n) is 2.45. The van der Waals surface area contributed by atoms with Gasteiger partial charge in [0.15, 0.2) is 0 Å². The fourth-order valence-corrected chi connectivity index (χ4v) is 2.74. The number of carbonyl (C=O) groups is 1. The highest BCUT2D eigenvalue weighted by molar-refractivity contribution is 9.10. The van der Waals surface area contributed by atoms with Gasteiger partial charge in [-0.2, -0.15) is 9.78 Å². The molecule has 10 heteroatoms. The molecule has 2 aromatic heterocycles. The van der Waals surface area contributed by atoms with Crippen LogP contribution in [-0.4, -0.2) is 36.9 Å². The summed E-state index contributed by atoms with van der Waals surface area (Å²) in [5.74, 6) is -0.305. The zero-order chi connectivity index (χ0) is 18.6. The second kappa shape index (κ2) is 8.24. The van der Waals surface area contributed by atoms with E-state index in [0.717, 1.165) is 28.8 Å². The molecule has 0 saturated carbocycles. The molecule has 1 amide bonds. The molecule has 0 unspecified atom stereocenters. The van der Waals surface area contributed by atoms with E-state index in [1.165, 1.54) is 10.7 Å². The van der Waals surface area contributed by atoms with Crippen LogP contribution in [0.4, 0.5) is 5.82 Å². The molecule has 136 valence electrons. The van der Waals surface area contributed by atoms with Crippen LogP contribution in [0.2, 0.25) is 0 Å². The molecule has 0 bridgehead atoms. The van der Waals surface area contributed by atoms with Crippen molar-refractivity contribution in [3.8, 4) is 0 Å². The maximum absolute atomic E-state index is 11.9. The average Bonchev–Trinajstić information content (AvgIpc) is 3.05. The summed E-state index contributed by atoms with van der Waals surface area (Å²) in [4.78, 5) is 22.0. The van der Waals surface area contributed by atoms with Crippen molar-refractivity contribution in [2.45, 2.75) is 46.7 Å². The molecule has 0 saturated heterocycles. The first-order valence-corrected chi connectivity index (χ1v) is 8.74. The van der Waals surface area contributed by atoms with Gasteiger partial charge in [0.25, 0.3) is 0 Å². The summed E-state index contributed by atoms with van der Waals surface area (Å²) in [6.45, 7) is 7.25. The highest BCUT2D eigenvalue weighted by atomic mass is 79.9. The molecule has 2 aromatic rings. The normalized spacial score (nSPS) is 10.9. The Morgan fingerprint density at radius 1 is 1.28 bits per heavy atom. The van der Waals surface area contributed by atoms with Gasteiger partial charge in [0, 0.05) is 25.2 Å². The Hall–Kier alpha value is -2.23. The summed E-state index contributed by atoms with van der Waals surface area (Å²) in [6, 6.07) is 1.39. The Morgan fingerprint density at radius 2 is 2.00 bits per heavy atom. The van der Waals surface area contributed by atoms with Crippen molar-refractivity contribution in [3.05, 3.63) is 37.7 Å². The summed E-state index contributed by atoms with van der Waals surface area (Å²) in [5.41, 5.74) is 2.68. The number of hydrogen-bond acceptors (Lipinski definition) is 5. The number of nitrogens with one attached hydrogen (secondary N) is 1. The van der Waals surface area contributed by atoms with Crippen molar-refractivity contribution in [2.75, 3.05) is 6.54 Å². The first-order valence-electron chi connectivity index (χ1n) is 7.94. The Balaban J connectivity index is 1.72. The molecule has 0 spiro atoms. The van der Waals surface area contributed by atoms with E-state index in [2.05, 4.69) is 31.4 Å². The molecular weight excluding hydrogens is 392 g/mol. The molecule has 25 heavy (non-hydrogen) atoms. The zero-order valence-electron chi connectivity index (χ0n) is 14.5. The lowest BCUT2D eigenvalue weighted by atomic mass is 10.3. The van der Waals surface area contributed by atoms with Gasteiger partial charge in [-0.1, -0.05) is 0 Å². The summed E-state index contributed by atoms with van der Waals surface area (Å²) in [7, 11) is 0. The molecule has 2 heterocycles. The van der Waals surface area contributed by atoms with E-state index in [-0.39, 0.29) is 18.1 Å². The lowest BCUT2D eigenvalue weighted by Gasteiger charge is -2.07. The largest absolute Gasteiger partial charge is 0.390 e. The summed E-state index contributed by atoms with van der Waals surface area (Å²) in [6.07, 6.45) is 0.998. The Bertz CT molecular complexity index is 783. The van der Waals surface area contributed by atoms with Gasteiger partial charge in [0.1, 0.15) is 0 Å². The zero-order valence-corrected chi connectivity index (χ0v) is 16.0. The number of carbonyl (C=O) groups excluding carboxylic acids is 1. The minimum absolute atomic E-state index is 0.105. The number of hydrogen-bond donors (Lipinski definition) is 1. The standard InChI is InChI=1S/C15H21BrN6O3/c1-10-9-13(22(24)25)19-20(10)8-5-14(23)17-6-4-7-21-12(3)15(16)11(2)18-21/h9H,4-8H2,1-3H3,(H,17,23). The third kappa shape index (κ3) is 4.88. The molecule has 2 rings (SSSR count). The van der Waals surface area contributed by atoms with E-state index < -0.39 is 4.92 Å². The minimum Gasteiger partial charge on any atom is -0.358 e. The quantitative estimate of drug-likeness (QED) is 0.406. The van der Waals surface area contributed by atoms with Crippen molar-refractivity contribution in [1.29, 1.82) is 0 Å². The van der Waals surface area contributed by atoms with Gasteiger partial charge in [0.2, 0.25) is 5.91 Å². The van der Waals surface area contributed by atoms with Crippen LogP contribution in [0.1, 0.15) is 29.9 Å². The third-order valence-corrected chi connectivity index (χ3v) is 5.02. The molecule has 0 radical (unpaired) electrons. The van der Waals surface area contributed by atoms with Crippen LogP contribution in [-0.2, 0) is 17.9 Å². The van der Waals surface area contributed by atoms with E-state index in [1.54, 1.807) is 6.92 Å². The molecule has 9 nitrogen and oxygen atoms in total. The van der Waals surface area contributed by atoms with Crippen molar-refractivity contribution in [3.63, 3.8) is 0 Å². The van der Waals surface area contributed by atoms with Gasteiger partial charge in [-0.15, -0.1) is 0 Å². The van der Waals surface area contributed by atoms with Gasteiger partial charge in [0.05, 0.1) is 33.6 Å². The van der Waals surface area contributed by atoms with E-state index in [0.29, 0.717) is 18.8 Å². The highest BCUT2D eigenvalue weighted by Gasteiger charge is 2.15. The number of nitrogens with zero attached hydrogens (tertiary/aromatic N) is 5. The van der Waals surface area contributed by atoms with Crippen LogP contribution in [0.25, 0.3) is 0 Å². The van der Waals surface area contributed by atoms with E-state index in [9.17, 15) is 14.9 Å². The van der Waals surface area contributed by atoms with Crippen LogP contribution in [0, 0.1) is 30.9 Å². The molecule has 0 aliphatic rings. The van der Waals surface area contributed by atoms with Gasteiger partial charge < -0.3 is 15.4 Å². The van der Waals surface area contributed by atoms with E-state index in [4.69, 9.17) is 0 Å². The van der Waals surface area contributed by atoms with Crippen molar-refractivity contribution in [1.82, 2.24) is 24.9 Å². The Kier molecular flexibility index (Phi) is 6.29. The van der Waals surface area contributed by atoms with E-state index >= 15 is 0 Å². The Labute approximate surface area is 153 Å². The maximum Gasteiger partial charge on any atom is 0.390 e. The number of nitro groups is 1. The van der Waals surface area contributed by atoms with Crippen LogP contribution in [0.3, 0.4) is 0 Å². The summed E-state index contributed by atoms with van der Waals surface area (Å²) in [5, 5.41) is 21.8. The summed E-state index contributed by atoms with van der Waals surface area (Å²) < 4.78 is 4.41. The van der Waals surface area contributed by atoms with Gasteiger partial charge in [-0.3, -0.25) is 9.48 Å². The predicted octanol–water partition coefficient (Wildman–Crippen LogP) is 2.27. The van der Waals surface area contributed by atoms with Crippen LogP contribution < -0.4 is 5.32 Å². The summed E-state index contributed by atoms with van der Waals surface area (Å²) >= 11 is 3.49. The molecule has 0 aromatic carbocycles. The number of amides is 1. The number of halogens is 1. The second-order valence-corrected chi connectivity index (χ2v) is 6.58. The monoisotopic (exact) mass is 412 g/mol.